The fraction of sp³-hybridized carbons (Fsp3) is 0.118. The summed E-state index contributed by atoms with van der Waals surface area (Å²) >= 11 is 0. The second-order valence-electron chi connectivity index (χ2n) is 5.19. The van der Waals surface area contributed by atoms with Crippen LogP contribution in [-0.4, -0.2) is 22.0 Å². The van der Waals surface area contributed by atoms with Gasteiger partial charge in [0.2, 0.25) is 0 Å². The quantitative estimate of drug-likeness (QED) is 0.494. The van der Waals surface area contributed by atoms with Crippen LogP contribution in [0.1, 0.15) is 22.3 Å². The smallest absolute Gasteiger partial charge is 0.302 e. The van der Waals surface area contributed by atoms with Gasteiger partial charge in [-0.25, -0.2) is 4.98 Å². The van der Waals surface area contributed by atoms with Gasteiger partial charge in [0.1, 0.15) is 12.0 Å². The van der Waals surface area contributed by atoms with Crippen LogP contribution in [0.4, 0.5) is 24.7 Å². The average Bonchev–Trinajstić information content (AvgIpc) is 2.60. The summed E-state index contributed by atoms with van der Waals surface area (Å²) in [5.41, 5.74) is 0.717. The third-order valence-corrected chi connectivity index (χ3v) is 3.26. The van der Waals surface area contributed by atoms with E-state index in [4.69, 9.17) is 5.26 Å². The van der Waals surface area contributed by atoms with Crippen molar-refractivity contribution in [3.05, 3.63) is 62.8 Å². The van der Waals surface area contributed by atoms with Crippen LogP contribution in [0.5, 0.6) is 0 Å². The zero-order valence-corrected chi connectivity index (χ0v) is 13.6. The minimum absolute atomic E-state index is 0.259. The molecular weight excluding hydrogens is 365 g/mol. The lowest BCUT2D eigenvalue weighted by molar-refractivity contribution is -0.385. The molecule has 0 radical (unpaired) electrons. The standard InChI is InChI=1S/C17H9F3N4O3/c1-10-6-11(8-21)2-3-12(10)4-5-13-7-14(24(26)27)9-22-15(13)23-16(25)17(18,19)20/h2-3,6-7,9H,1H3,(H,22,23,25). The van der Waals surface area contributed by atoms with Gasteiger partial charge in [-0.15, -0.1) is 0 Å². The third kappa shape index (κ3) is 4.80. The number of halogens is 3. The molecule has 0 saturated carbocycles. The molecule has 1 aromatic heterocycles. The van der Waals surface area contributed by atoms with Crippen molar-refractivity contribution in [3.8, 4) is 17.9 Å². The van der Waals surface area contributed by atoms with Crippen molar-refractivity contribution in [3.63, 3.8) is 0 Å². The molecule has 0 aliphatic carbocycles. The van der Waals surface area contributed by atoms with E-state index in [1.165, 1.54) is 12.1 Å². The van der Waals surface area contributed by atoms with Crippen LogP contribution < -0.4 is 5.32 Å². The number of hydrogen-bond acceptors (Lipinski definition) is 5. The molecule has 0 aliphatic rings. The molecule has 0 saturated heterocycles. The minimum Gasteiger partial charge on any atom is -0.302 e. The molecule has 0 aliphatic heterocycles. The fourth-order valence-electron chi connectivity index (χ4n) is 1.94. The van der Waals surface area contributed by atoms with Gasteiger partial charge in [0, 0.05) is 11.6 Å². The number of amides is 1. The van der Waals surface area contributed by atoms with Crippen LogP contribution in [0.25, 0.3) is 0 Å². The zero-order valence-electron chi connectivity index (χ0n) is 13.6. The van der Waals surface area contributed by atoms with E-state index in [2.05, 4.69) is 16.8 Å². The van der Waals surface area contributed by atoms with Crippen LogP contribution in [0.2, 0.25) is 0 Å². The van der Waals surface area contributed by atoms with Crippen molar-refractivity contribution in [2.24, 2.45) is 0 Å². The number of anilines is 1. The molecule has 0 bridgehead atoms. The summed E-state index contributed by atoms with van der Waals surface area (Å²) in [7, 11) is 0. The van der Waals surface area contributed by atoms with E-state index in [0.29, 0.717) is 22.9 Å². The highest BCUT2D eigenvalue weighted by Gasteiger charge is 2.39. The van der Waals surface area contributed by atoms with Gasteiger partial charge in [-0.2, -0.15) is 18.4 Å². The number of hydrogen-bond donors (Lipinski definition) is 1. The minimum atomic E-state index is -5.15. The molecule has 2 aromatic rings. The summed E-state index contributed by atoms with van der Waals surface area (Å²) in [6.45, 7) is 1.67. The number of rotatable bonds is 2. The van der Waals surface area contributed by atoms with E-state index in [1.807, 2.05) is 6.07 Å². The van der Waals surface area contributed by atoms with Gasteiger partial charge in [0.25, 0.3) is 5.69 Å². The van der Waals surface area contributed by atoms with E-state index < -0.39 is 28.5 Å². The van der Waals surface area contributed by atoms with Crippen molar-refractivity contribution >= 4 is 17.4 Å². The van der Waals surface area contributed by atoms with Crippen LogP contribution in [0.3, 0.4) is 0 Å². The van der Waals surface area contributed by atoms with Gasteiger partial charge >= 0.3 is 12.1 Å². The van der Waals surface area contributed by atoms with Gasteiger partial charge in [-0.1, -0.05) is 11.8 Å². The van der Waals surface area contributed by atoms with Gasteiger partial charge in [-0.05, 0) is 30.7 Å². The maximum Gasteiger partial charge on any atom is 0.471 e. The number of carbonyl (C=O) groups is 1. The predicted octanol–water partition coefficient (Wildman–Crippen LogP) is 3.07. The lowest BCUT2D eigenvalue weighted by Crippen LogP contribution is -2.30. The summed E-state index contributed by atoms with van der Waals surface area (Å²) in [5.74, 6) is 2.29. The first kappa shape index (κ1) is 19.4. The monoisotopic (exact) mass is 374 g/mol. The van der Waals surface area contributed by atoms with Crippen molar-refractivity contribution in [1.82, 2.24) is 4.98 Å². The van der Waals surface area contributed by atoms with E-state index in [-0.39, 0.29) is 5.56 Å². The molecule has 1 N–H and O–H groups in total. The Kier molecular flexibility index (Phi) is 5.42. The molecule has 0 atom stereocenters. The Morgan fingerprint density at radius 2 is 1.93 bits per heavy atom. The highest BCUT2D eigenvalue weighted by molar-refractivity contribution is 5.95. The molecule has 10 heteroatoms. The topological polar surface area (TPSA) is 109 Å². The SMILES string of the molecule is Cc1cc(C#N)ccc1C#Cc1cc([N+](=O)[O-])cnc1NC(=O)C(F)(F)F. The normalized spacial score (nSPS) is 10.3. The molecule has 7 nitrogen and oxygen atoms in total. The lowest BCUT2D eigenvalue weighted by atomic mass is 10.1. The van der Waals surface area contributed by atoms with Crippen LogP contribution in [-0.2, 0) is 4.79 Å². The first-order chi connectivity index (χ1) is 12.6. The summed E-state index contributed by atoms with van der Waals surface area (Å²) < 4.78 is 37.3. The number of nitrogens with one attached hydrogen (secondary N) is 1. The number of aromatic nitrogens is 1. The third-order valence-electron chi connectivity index (χ3n) is 3.26. The Morgan fingerprint density at radius 1 is 1.26 bits per heavy atom. The molecule has 0 unspecified atom stereocenters. The van der Waals surface area contributed by atoms with Gasteiger partial charge in [-0.3, -0.25) is 14.9 Å². The Hall–Kier alpha value is -3.92. The molecule has 136 valence electrons. The molecule has 0 fully saturated rings. The van der Waals surface area contributed by atoms with E-state index in [0.717, 1.165) is 6.07 Å². The average molecular weight is 374 g/mol. The number of nitro groups is 1. The first-order valence-electron chi connectivity index (χ1n) is 7.17. The lowest BCUT2D eigenvalue weighted by Gasteiger charge is -2.08. The number of alkyl halides is 3. The summed E-state index contributed by atoms with van der Waals surface area (Å²) in [5, 5.41) is 21.2. The summed E-state index contributed by atoms with van der Waals surface area (Å²) in [6, 6.07) is 7.43. The van der Waals surface area contributed by atoms with Crippen LogP contribution >= 0.6 is 0 Å². The van der Waals surface area contributed by atoms with Gasteiger partial charge in [0.05, 0.1) is 22.1 Å². The van der Waals surface area contributed by atoms with E-state index in [1.54, 1.807) is 18.3 Å². The van der Waals surface area contributed by atoms with E-state index >= 15 is 0 Å². The predicted molar refractivity (Wildman–Crippen MR) is 87.5 cm³/mol. The van der Waals surface area contributed by atoms with Crippen LogP contribution in [0, 0.1) is 40.2 Å². The van der Waals surface area contributed by atoms with Gasteiger partial charge in [0.15, 0.2) is 0 Å². The highest BCUT2D eigenvalue weighted by atomic mass is 19.4. The van der Waals surface area contributed by atoms with Gasteiger partial charge < -0.3 is 5.32 Å². The Balaban J connectivity index is 2.48. The number of pyridine rings is 1. The first-order valence-corrected chi connectivity index (χ1v) is 7.17. The number of carbonyl (C=O) groups excluding carboxylic acids is 1. The second kappa shape index (κ2) is 7.54. The van der Waals surface area contributed by atoms with Crippen molar-refractivity contribution in [2.45, 2.75) is 13.1 Å². The van der Waals surface area contributed by atoms with Crippen molar-refractivity contribution < 1.29 is 22.9 Å². The molecule has 0 spiro atoms. The molecule has 27 heavy (non-hydrogen) atoms. The maximum atomic E-state index is 12.4. The Labute approximate surface area is 150 Å². The van der Waals surface area contributed by atoms with E-state index in [9.17, 15) is 28.1 Å². The molecule has 1 amide bonds. The summed E-state index contributed by atoms with van der Waals surface area (Å²) in [4.78, 5) is 24.7. The zero-order chi connectivity index (χ0) is 20.2. The fourth-order valence-corrected chi connectivity index (χ4v) is 1.94. The largest absolute Gasteiger partial charge is 0.471 e. The molecule has 1 heterocycles. The van der Waals surface area contributed by atoms with Crippen LogP contribution in [0.15, 0.2) is 30.5 Å². The number of aryl methyl sites for hydroxylation is 1. The molecule has 2 rings (SSSR count). The second-order valence-corrected chi connectivity index (χ2v) is 5.19. The maximum absolute atomic E-state index is 12.4. The highest BCUT2D eigenvalue weighted by Crippen LogP contribution is 2.22. The Morgan fingerprint density at radius 3 is 2.48 bits per heavy atom. The molecular formula is C17H9F3N4O3. The number of nitrogens with zero attached hydrogens (tertiary/aromatic N) is 3. The summed E-state index contributed by atoms with van der Waals surface area (Å²) in [6.07, 6.45) is -4.44. The molecule has 1 aromatic carbocycles. The Bertz CT molecular complexity index is 1030. The number of benzene rings is 1. The van der Waals surface area contributed by atoms with Crippen molar-refractivity contribution in [1.29, 1.82) is 5.26 Å². The number of nitriles is 1. The van der Waals surface area contributed by atoms with Crippen molar-refractivity contribution in [2.75, 3.05) is 5.32 Å².